The zero-order valence-corrected chi connectivity index (χ0v) is 10.8. The van der Waals surface area contributed by atoms with Crippen molar-refractivity contribution in [1.29, 1.82) is 0 Å². The SMILES string of the molecule is CC(C)(C)C(O)(C#Cc1ccccc1)C1CC1. The highest BCUT2D eigenvalue weighted by Gasteiger charge is 2.50. The van der Waals surface area contributed by atoms with Crippen LogP contribution in [0.25, 0.3) is 0 Å². The third kappa shape index (κ3) is 2.53. The van der Waals surface area contributed by atoms with Crippen molar-refractivity contribution in [2.24, 2.45) is 11.3 Å². The zero-order chi connectivity index (χ0) is 12.5. The lowest BCUT2D eigenvalue weighted by Gasteiger charge is -2.36. The standard InChI is InChI=1S/C16H20O/c1-15(2,3)16(17,14-9-10-14)12-11-13-7-5-4-6-8-13/h4-8,14,17H,9-10H2,1-3H3. The van der Waals surface area contributed by atoms with Crippen LogP contribution in [0.4, 0.5) is 0 Å². The summed E-state index contributed by atoms with van der Waals surface area (Å²) in [5.41, 5.74) is -0.0884. The monoisotopic (exact) mass is 228 g/mol. The van der Waals surface area contributed by atoms with Gasteiger partial charge in [-0.25, -0.2) is 0 Å². The molecule has 1 aliphatic rings. The van der Waals surface area contributed by atoms with Gasteiger partial charge in [0, 0.05) is 11.0 Å². The van der Waals surface area contributed by atoms with Crippen LogP contribution in [0.5, 0.6) is 0 Å². The van der Waals surface area contributed by atoms with Gasteiger partial charge in [-0.05, 0) is 30.9 Å². The summed E-state index contributed by atoms with van der Waals surface area (Å²) < 4.78 is 0. The predicted octanol–water partition coefficient (Wildman–Crippen LogP) is 3.23. The Balaban J connectivity index is 2.29. The molecular formula is C16H20O. The summed E-state index contributed by atoms with van der Waals surface area (Å²) in [7, 11) is 0. The number of rotatable bonds is 1. The third-order valence-corrected chi connectivity index (χ3v) is 3.48. The van der Waals surface area contributed by atoms with Crippen molar-refractivity contribution in [2.45, 2.75) is 39.2 Å². The van der Waals surface area contributed by atoms with Crippen molar-refractivity contribution >= 4 is 0 Å². The highest BCUT2D eigenvalue weighted by molar-refractivity contribution is 5.37. The Morgan fingerprint density at radius 3 is 2.18 bits per heavy atom. The first-order chi connectivity index (χ1) is 7.93. The van der Waals surface area contributed by atoms with Gasteiger partial charge in [0.05, 0.1) is 0 Å². The molecule has 0 heterocycles. The molecular weight excluding hydrogens is 208 g/mol. The molecule has 0 bridgehead atoms. The highest BCUT2D eigenvalue weighted by Crippen LogP contribution is 2.48. The van der Waals surface area contributed by atoms with Gasteiger partial charge in [0.1, 0.15) is 5.60 Å². The molecule has 1 aromatic carbocycles. The number of benzene rings is 1. The van der Waals surface area contributed by atoms with Gasteiger partial charge in [0.25, 0.3) is 0 Å². The number of hydrogen-bond acceptors (Lipinski definition) is 1. The van der Waals surface area contributed by atoms with E-state index in [2.05, 4.69) is 32.6 Å². The molecule has 1 unspecified atom stereocenters. The lowest BCUT2D eigenvalue weighted by molar-refractivity contribution is -0.0238. The minimum absolute atomic E-state index is 0.198. The predicted molar refractivity (Wildman–Crippen MR) is 70.4 cm³/mol. The molecule has 0 aromatic heterocycles. The average Bonchev–Trinajstić information content (AvgIpc) is 3.10. The Bertz CT molecular complexity index is 440. The average molecular weight is 228 g/mol. The molecule has 0 aliphatic heterocycles. The molecule has 17 heavy (non-hydrogen) atoms. The summed E-state index contributed by atoms with van der Waals surface area (Å²) in [6.07, 6.45) is 2.19. The van der Waals surface area contributed by atoms with E-state index in [0.29, 0.717) is 5.92 Å². The summed E-state index contributed by atoms with van der Waals surface area (Å²) in [5.74, 6) is 6.58. The van der Waals surface area contributed by atoms with Crippen molar-refractivity contribution in [2.75, 3.05) is 0 Å². The number of aliphatic hydroxyl groups is 1. The van der Waals surface area contributed by atoms with Crippen LogP contribution in [0.1, 0.15) is 39.2 Å². The quantitative estimate of drug-likeness (QED) is 0.732. The molecule has 1 atom stereocenters. The molecule has 1 saturated carbocycles. The van der Waals surface area contributed by atoms with Crippen LogP contribution in [-0.2, 0) is 0 Å². The molecule has 1 fully saturated rings. The summed E-state index contributed by atoms with van der Waals surface area (Å²) in [6.45, 7) is 6.18. The summed E-state index contributed by atoms with van der Waals surface area (Å²) in [6, 6.07) is 9.86. The molecule has 0 radical (unpaired) electrons. The Morgan fingerprint density at radius 2 is 1.71 bits per heavy atom. The third-order valence-electron chi connectivity index (χ3n) is 3.48. The molecule has 0 spiro atoms. The van der Waals surface area contributed by atoms with Crippen LogP contribution < -0.4 is 0 Å². The van der Waals surface area contributed by atoms with E-state index < -0.39 is 5.60 Å². The van der Waals surface area contributed by atoms with E-state index in [1.54, 1.807) is 0 Å². The zero-order valence-electron chi connectivity index (χ0n) is 10.8. The smallest absolute Gasteiger partial charge is 0.133 e. The van der Waals surface area contributed by atoms with Crippen LogP contribution >= 0.6 is 0 Å². The van der Waals surface area contributed by atoms with Crippen molar-refractivity contribution in [3.05, 3.63) is 35.9 Å². The molecule has 1 aliphatic carbocycles. The van der Waals surface area contributed by atoms with Crippen molar-refractivity contribution < 1.29 is 5.11 Å². The Kier molecular flexibility index (Phi) is 3.02. The van der Waals surface area contributed by atoms with Crippen molar-refractivity contribution in [1.82, 2.24) is 0 Å². The van der Waals surface area contributed by atoms with E-state index in [4.69, 9.17) is 0 Å². The van der Waals surface area contributed by atoms with E-state index in [-0.39, 0.29) is 5.41 Å². The fraction of sp³-hybridized carbons (Fsp3) is 0.500. The van der Waals surface area contributed by atoms with E-state index in [9.17, 15) is 5.11 Å². The normalized spacial score (nSPS) is 19.1. The van der Waals surface area contributed by atoms with Gasteiger partial charge in [0.2, 0.25) is 0 Å². The molecule has 1 aromatic rings. The summed E-state index contributed by atoms with van der Waals surface area (Å²) >= 11 is 0. The summed E-state index contributed by atoms with van der Waals surface area (Å²) in [5, 5.41) is 10.8. The van der Waals surface area contributed by atoms with Gasteiger partial charge in [-0.15, -0.1) is 0 Å². The first-order valence-electron chi connectivity index (χ1n) is 6.24. The second-order valence-electron chi connectivity index (χ2n) is 5.91. The highest BCUT2D eigenvalue weighted by atomic mass is 16.3. The van der Waals surface area contributed by atoms with Gasteiger partial charge in [-0.1, -0.05) is 50.8 Å². The van der Waals surface area contributed by atoms with Crippen LogP contribution in [0.15, 0.2) is 30.3 Å². The Labute approximate surface area is 104 Å². The maximum absolute atomic E-state index is 10.8. The van der Waals surface area contributed by atoms with Crippen molar-refractivity contribution in [3.63, 3.8) is 0 Å². The molecule has 90 valence electrons. The molecule has 0 saturated heterocycles. The lowest BCUT2D eigenvalue weighted by atomic mass is 9.73. The Morgan fingerprint density at radius 1 is 1.12 bits per heavy atom. The first kappa shape index (κ1) is 12.2. The van der Waals surface area contributed by atoms with Crippen LogP contribution in [0.3, 0.4) is 0 Å². The largest absolute Gasteiger partial charge is 0.377 e. The van der Waals surface area contributed by atoms with Crippen molar-refractivity contribution in [3.8, 4) is 11.8 Å². The Hall–Kier alpha value is -1.26. The van der Waals surface area contributed by atoms with Gasteiger partial charge < -0.3 is 5.11 Å². The second kappa shape index (κ2) is 4.20. The van der Waals surface area contributed by atoms with Crippen LogP contribution in [-0.4, -0.2) is 10.7 Å². The fourth-order valence-corrected chi connectivity index (χ4v) is 2.09. The molecule has 1 heteroatoms. The molecule has 1 N–H and O–H groups in total. The van der Waals surface area contributed by atoms with Crippen LogP contribution in [0.2, 0.25) is 0 Å². The maximum atomic E-state index is 10.8. The first-order valence-corrected chi connectivity index (χ1v) is 6.24. The fourth-order valence-electron chi connectivity index (χ4n) is 2.09. The van der Waals surface area contributed by atoms with E-state index >= 15 is 0 Å². The lowest BCUT2D eigenvalue weighted by Crippen LogP contribution is -2.43. The molecule has 1 nitrogen and oxygen atoms in total. The molecule has 2 rings (SSSR count). The maximum Gasteiger partial charge on any atom is 0.133 e. The minimum Gasteiger partial charge on any atom is -0.377 e. The van der Waals surface area contributed by atoms with Gasteiger partial charge in [-0.2, -0.15) is 0 Å². The second-order valence-corrected chi connectivity index (χ2v) is 5.91. The van der Waals surface area contributed by atoms with E-state index in [1.165, 1.54) is 0 Å². The minimum atomic E-state index is -0.858. The van der Waals surface area contributed by atoms with E-state index in [1.807, 2.05) is 30.3 Å². The summed E-state index contributed by atoms with van der Waals surface area (Å²) in [4.78, 5) is 0. The van der Waals surface area contributed by atoms with Gasteiger partial charge in [0.15, 0.2) is 0 Å². The topological polar surface area (TPSA) is 20.2 Å². The number of hydrogen-bond donors (Lipinski definition) is 1. The van der Waals surface area contributed by atoms with Gasteiger partial charge in [-0.3, -0.25) is 0 Å². The van der Waals surface area contributed by atoms with Gasteiger partial charge >= 0.3 is 0 Å². The van der Waals surface area contributed by atoms with E-state index in [0.717, 1.165) is 18.4 Å². The van der Waals surface area contributed by atoms with Crippen LogP contribution in [0, 0.1) is 23.2 Å². The molecule has 0 amide bonds.